The Labute approximate surface area is 58.5 Å². The van der Waals surface area contributed by atoms with E-state index in [1.165, 1.54) is 0 Å². The first-order valence-electron chi connectivity index (χ1n) is 2.44. The first-order chi connectivity index (χ1) is 4.16. The Morgan fingerprint density at radius 2 is 2.33 bits per heavy atom. The van der Waals surface area contributed by atoms with Gasteiger partial charge in [-0.1, -0.05) is 0 Å². The number of carboxylic acids is 1. The van der Waals surface area contributed by atoms with Crippen molar-refractivity contribution in [2.75, 3.05) is 0 Å². The Balaban J connectivity index is 3.26. The average Bonchev–Trinajstić information content (AvgIpc) is 1.83. The third-order valence-electron chi connectivity index (χ3n) is 0.768. The predicted octanol–water partition coefficient (Wildman–Crippen LogP) is 0.259. The topological polar surface area (TPSA) is 54.4 Å². The van der Waals surface area contributed by atoms with E-state index < -0.39 is 11.2 Å². The van der Waals surface area contributed by atoms with E-state index in [-0.39, 0.29) is 12.8 Å². The van der Waals surface area contributed by atoms with Crippen LogP contribution in [0.3, 0.4) is 0 Å². The third-order valence-corrected chi connectivity index (χ3v) is 1.13. The second-order valence-corrected chi connectivity index (χ2v) is 2.19. The van der Waals surface area contributed by atoms with Crippen LogP contribution in [0.4, 0.5) is 0 Å². The van der Waals surface area contributed by atoms with E-state index in [9.17, 15) is 9.59 Å². The van der Waals surface area contributed by atoms with Crippen LogP contribution in [0, 0.1) is 0 Å². The lowest BCUT2D eigenvalue weighted by Gasteiger charge is -1.95. The lowest BCUT2D eigenvalue weighted by Crippen LogP contribution is -2.04. The van der Waals surface area contributed by atoms with E-state index in [1.54, 1.807) is 6.29 Å². The zero-order valence-electron chi connectivity index (χ0n) is 4.70. The first kappa shape index (κ1) is 8.49. The van der Waals surface area contributed by atoms with Gasteiger partial charge in [0.05, 0.1) is 5.25 Å². The summed E-state index contributed by atoms with van der Waals surface area (Å²) in [6.07, 6.45) is 1.80. The molecule has 0 aromatic rings. The number of hydrogen-bond acceptors (Lipinski definition) is 3. The maximum absolute atomic E-state index is 9.86. The van der Waals surface area contributed by atoms with Gasteiger partial charge in [-0.2, -0.15) is 12.6 Å². The highest BCUT2D eigenvalue weighted by Gasteiger charge is 2.04. The molecule has 0 fully saturated rings. The maximum atomic E-state index is 9.86. The van der Waals surface area contributed by atoms with Gasteiger partial charge in [-0.25, -0.2) is 0 Å². The summed E-state index contributed by atoms with van der Waals surface area (Å²) in [7, 11) is 0. The first-order valence-corrected chi connectivity index (χ1v) is 2.96. The fourth-order valence-corrected chi connectivity index (χ4v) is 0.448. The quantitative estimate of drug-likeness (QED) is 0.561. The van der Waals surface area contributed by atoms with Crippen molar-refractivity contribution in [1.29, 1.82) is 0 Å². The van der Waals surface area contributed by atoms with Crippen LogP contribution in [0.1, 0.15) is 12.8 Å². The van der Waals surface area contributed by atoms with Crippen molar-refractivity contribution >= 4 is 24.9 Å². The van der Waals surface area contributed by atoms with Gasteiger partial charge in [-0.15, -0.1) is 0 Å². The van der Waals surface area contributed by atoms with Gasteiger partial charge >= 0.3 is 5.97 Å². The second kappa shape index (κ2) is 4.38. The fourth-order valence-electron chi connectivity index (χ4n) is 0.319. The van der Waals surface area contributed by atoms with Gasteiger partial charge in [-0.3, -0.25) is 9.59 Å². The predicted molar refractivity (Wildman–Crippen MR) is 35.3 cm³/mol. The molecule has 0 bridgehead atoms. The molecule has 1 N–H and O–H groups in total. The van der Waals surface area contributed by atoms with E-state index in [2.05, 4.69) is 12.6 Å². The van der Waals surface area contributed by atoms with Gasteiger partial charge in [0.25, 0.3) is 0 Å². The fraction of sp³-hybridized carbons (Fsp3) is 0.600. The van der Waals surface area contributed by atoms with E-state index in [4.69, 9.17) is 5.11 Å². The molecule has 0 saturated heterocycles. The average molecular weight is 147 g/mol. The van der Waals surface area contributed by atoms with Crippen molar-refractivity contribution < 1.29 is 14.7 Å². The van der Waals surface area contributed by atoms with E-state index in [1.807, 2.05) is 0 Å². The standard InChI is InChI=1S/C5H7O3S/c6-3-4(9)1-2-5(7)8/h4,9H,1-2H2,(H,7,8). The van der Waals surface area contributed by atoms with Crippen molar-refractivity contribution in [2.45, 2.75) is 18.1 Å². The molecule has 1 radical (unpaired) electrons. The van der Waals surface area contributed by atoms with Crippen molar-refractivity contribution in [1.82, 2.24) is 0 Å². The molecule has 0 spiro atoms. The van der Waals surface area contributed by atoms with Crippen LogP contribution in [-0.2, 0) is 9.59 Å². The monoisotopic (exact) mass is 147 g/mol. The molecule has 0 aliphatic heterocycles. The van der Waals surface area contributed by atoms with Crippen molar-refractivity contribution in [3.05, 3.63) is 0 Å². The minimum Gasteiger partial charge on any atom is -0.481 e. The molecule has 0 aromatic carbocycles. The Morgan fingerprint density at radius 1 is 1.78 bits per heavy atom. The van der Waals surface area contributed by atoms with Gasteiger partial charge < -0.3 is 5.11 Å². The minimum atomic E-state index is -0.913. The Kier molecular flexibility index (Phi) is 4.13. The Hall–Kier alpha value is -0.510. The number of hydrogen-bond donors (Lipinski definition) is 2. The largest absolute Gasteiger partial charge is 0.481 e. The number of rotatable bonds is 4. The number of carboxylic acid groups (broad SMARTS) is 1. The molecule has 0 aliphatic carbocycles. The molecular formula is C5H7O3S. The number of carbonyl (C=O) groups is 1. The molecule has 0 rings (SSSR count). The summed E-state index contributed by atoms with van der Waals surface area (Å²) in [5.74, 6) is -0.913. The van der Waals surface area contributed by atoms with Crippen LogP contribution >= 0.6 is 12.6 Å². The smallest absolute Gasteiger partial charge is 0.303 e. The van der Waals surface area contributed by atoms with Gasteiger partial charge in [0.2, 0.25) is 6.29 Å². The summed E-state index contributed by atoms with van der Waals surface area (Å²) in [5.41, 5.74) is 0. The summed E-state index contributed by atoms with van der Waals surface area (Å²) in [6, 6.07) is 0. The van der Waals surface area contributed by atoms with E-state index in [0.717, 1.165) is 0 Å². The highest BCUT2D eigenvalue weighted by Crippen LogP contribution is 2.00. The summed E-state index contributed by atoms with van der Waals surface area (Å²) in [6.45, 7) is 0. The molecular weight excluding hydrogens is 140 g/mol. The minimum absolute atomic E-state index is 0.0244. The zero-order chi connectivity index (χ0) is 7.28. The Morgan fingerprint density at radius 3 is 2.67 bits per heavy atom. The normalized spacial score (nSPS) is 12.6. The molecule has 0 heterocycles. The molecule has 3 nitrogen and oxygen atoms in total. The van der Waals surface area contributed by atoms with Gasteiger partial charge in [0.1, 0.15) is 0 Å². The van der Waals surface area contributed by atoms with Crippen LogP contribution in [0.5, 0.6) is 0 Å². The molecule has 51 valence electrons. The van der Waals surface area contributed by atoms with Crippen LogP contribution < -0.4 is 0 Å². The third kappa shape index (κ3) is 5.36. The lowest BCUT2D eigenvalue weighted by molar-refractivity contribution is -0.137. The van der Waals surface area contributed by atoms with E-state index in [0.29, 0.717) is 0 Å². The maximum Gasteiger partial charge on any atom is 0.303 e. The summed E-state index contributed by atoms with van der Waals surface area (Å²) in [5, 5.41) is 7.54. The SMILES string of the molecule is O=[C]C(S)CCC(=O)O. The molecule has 9 heavy (non-hydrogen) atoms. The molecule has 0 aromatic heterocycles. The van der Waals surface area contributed by atoms with Gasteiger partial charge in [-0.05, 0) is 6.42 Å². The highest BCUT2D eigenvalue weighted by atomic mass is 32.1. The van der Waals surface area contributed by atoms with Crippen LogP contribution in [0.25, 0.3) is 0 Å². The molecule has 0 aliphatic rings. The summed E-state index contributed by atoms with van der Waals surface area (Å²) in [4.78, 5) is 19.6. The van der Waals surface area contributed by atoms with Gasteiger partial charge in [0.15, 0.2) is 0 Å². The van der Waals surface area contributed by atoms with E-state index >= 15 is 0 Å². The van der Waals surface area contributed by atoms with Crippen LogP contribution in [0.2, 0.25) is 0 Å². The summed E-state index contributed by atoms with van der Waals surface area (Å²) < 4.78 is 0. The molecule has 0 saturated carbocycles. The van der Waals surface area contributed by atoms with Crippen molar-refractivity contribution in [2.24, 2.45) is 0 Å². The van der Waals surface area contributed by atoms with Crippen LogP contribution in [-0.4, -0.2) is 22.6 Å². The number of aliphatic carboxylic acids is 1. The van der Waals surface area contributed by atoms with Crippen LogP contribution in [0.15, 0.2) is 0 Å². The second-order valence-electron chi connectivity index (χ2n) is 1.57. The zero-order valence-corrected chi connectivity index (χ0v) is 5.60. The highest BCUT2D eigenvalue weighted by molar-refractivity contribution is 7.81. The Bertz CT molecular complexity index is 113. The molecule has 1 unspecified atom stereocenters. The molecule has 4 heteroatoms. The van der Waals surface area contributed by atoms with Crippen molar-refractivity contribution in [3.8, 4) is 0 Å². The van der Waals surface area contributed by atoms with Gasteiger partial charge in [0, 0.05) is 6.42 Å². The molecule has 0 amide bonds. The van der Waals surface area contributed by atoms with Crippen molar-refractivity contribution in [3.63, 3.8) is 0 Å². The lowest BCUT2D eigenvalue weighted by atomic mass is 10.2. The molecule has 1 atom stereocenters. The number of carbonyl (C=O) groups excluding carboxylic acids is 1. The number of thiol groups is 1. The summed E-state index contributed by atoms with van der Waals surface area (Å²) >= 11 is 3.72.